The lowest BCUT2D eigenvalue weighted by Crippen LogP contribution is -2.28. The molecule has 1 N–H and O–H groups in total. The second-order valence-electron chi connectivity index (χ2n) is 3.34. The lowest BCUT2D eigenvalue weighted by Gasteiger charge is -2.04. The van der Waals surface area contributed by atoms with Crippen LogP contribution in [0.25, 0.3) is 0 Å². The fourth-order valence-electron chi connectivity index (χ4n) is 1.26. The Bertz CT molecular complexity index is 349. The molecule has 1 amide bonds. The van der Waals surface area contributed by atoms with Crippen molar-refractivity contribution in [3.63, 3.8) is 0 Å². The van der Waals surface area contributed by atoms with Gasteiger partial charge in [-0.05, 0) is 12.0 Å². The number of rotatable bonds is 5. The fourth-order valence-corrected chi connectivity index (χ4v) is 1.26. The van der Waals surface area contributed by atoms with Crippen molar-refractivity contribution >= 4 is 11.9 Å². The van der Waals surface area contributed by atoms with Crippen molar-refractivity contribution in [3.8, 4) is 0 Å². The van der Waals surface area contributed by atoms with Crippen molar-refractivity contribution in [2.45, 2.75) is 12.8 Å². The summed E-state index contributed by atoms with van der Waals surface area (Å²) >= 11 is 0. The molecular weight excluding hydrogens is 206 g/mol. The Morgan fingerprint density at radius 2 is 1.94 bits per heavy atom. The van der Waals surface area contributed by atoms with Crippen LogP contribution in [-0.4, -0.2) is 25.5 Å². The summed E-state index contributed by atoms with van der Waals surface area (Å²) in [7, 11) is 1.26. The zero-order chi connectivity index (χ0) is 11.8. The number of carbonyl (C=O) groups is 2. The summed E-state index contributed by atoms with van der Waals surface area (Å²) in [4.78, 5) is 22.0. The summed E-state index contributed by atoms with van der Waals surface area (Å²) in [6, 6.07) is 9.83. The van der Waals surface area contributed by atoms with Gasteiger partial charge in [0.05, 0.1) is 7.11 Å². The minimum Gasteiger partial charge on any atom is -0.469 e. The number of hydrogen-bond acceptors (Lipinski definition) is 3. The molecule has 4 nitrogen and oxygen atoms in total. The standard InChI is InChI=1S/C12H15NO3/c1-16-12(15)9-11(14)13-8-7-10-5-3-2-4-6-10/h2-6H,7-9H2,1H3,(H,13,14). The Morgan fingerprint density at radius 3 is 2.56 bits per heavy atom. The zero-order valence-electron chi connectivity index (χ0n) is 9.23. The van der Waals surface area contributed by atoms with E-state index in [1.165, 1.54) is 7.11 Å². The van der Waals surface area contributed by atoms with Gasteiger partial charge in [0.2, 0.25) is 5.91 Å². The normalized spacial score (nSPS) is 9.56. The van der Waals surface area contributed by atoms with E-state index in [0.717, 1.165) is 12.0 Å². The third-order valence-corrected chi connectivity index (χ3v) is 2.11. The topological polar surface area (TPSA) is 55.4 Å². The molecule has 0 aliphatic carbocycles. The molecular formula is C12H15NO3. The van der Waals surface area contributed by atoms with Gasteiger partial charge in [-0.25, -0.2) is 0 Å². The monoisotopic (exact) mass is 221 g/mol. The van der Waals surface area contributed by atoms with E-state index in [4.69, 9.17) is 0 Å². The molecule has 1 aromatic rings. The Kier molecular flexibility index (Phi) is 5.05. The van der Waals surface area contributed by atoms with E-state index >= 15 is 0 Å². The quantitative estimate of drug-likeness (QED) is 0.594. The van der Waals surface area contributed by atoms with Crippen molar-refractivity contribution in [2.24, 2.45) is 0 Å². The van der Waals surface area contributed by atoms with E-state index in [0.29, 0.717) is 6.54 Å². The molecule has 0 aliphatic rings. The second kappa shape index (κ2) is 6.61. The van der Waals surface area contributed by atoms with Gasteiger partial charge in [0.15, 0.2) is 0 Å². The van der Waals surface area contributed by atoms with Gasteiger partial charge in [-0.1, -0.05) is 30.3 Å². The third kappa shape index (κ3) is 4.59. The molecule has 1 rings (SSSR count). The summed E-state index contributed by atoms with van der Waals surface area (Å²) in [6.45, 7) is 0.528. The maximum atomic E-state index is 11.2. The predicted octanol–water partition coefficient (Wildman–Crippen LogP) is 0.908. The van der Waals surface area contributed by atoms with Crippen LogP contribution in [-0.2, 0) is 20.7 Å². The molecule has 0 unspecified atom stereocenters. The molecule has 16 heavy (non-hydrogen) atoms. The molecule has 4 heteroatoms. The fraction of sp³-hybridized carbons (Fsp3) is 0.333. The first-order valence-electron chi connectivity index (χ1n) is 5.10. The van der Waals surface area contributed by atoms with Crippen molar-refractivity contribution < 1.29 is 14.3 Å². The highest BCUT2D eigenvalue weighted by atomic mass is 16.5. The Morgan fingerprint density at radius 1 is 1.25 bits per heavy atom. The minimum absolute atomic E-state index is 0.217. The van der Waals surface area contributed by atoms with E-state index in [-0.39, 0.29) is 12.3 Å². The van der Waals surface area contributed by atoms with Crippen LogP contribution in [0.1, 0.15) is 12.0 Å². The number of ether oxygens (including phenoxy) is 1. The van der Waals surface area contributed by atoms with Crippen LogP contribution in [0.3, 0.4) is 0 Å². The second-order valence-corrected chi connectivity index (χ2v) is 3.34. The lowest BCUT2D eigenvalue weighted by atomic mass is 10.1. The molecule has 0 saturated heterocycles. The van der Waals surface area contributed by atoms with Crippen LogP contribution >= 0.6 is 0 Å². The van der Waals surface area contributed by atoms with Crippen LogP contribution in [0, 0.1) is 0 Å². The van der Waals surface area contributed by atoms with E-state index in [1.807, 2.05) is 30.3 Å². The van der Waals surface area contributed by atoms with Crippen LogP contribution in [0.2, 0.25) is 0 Å². The van der Waals surface area contributed by atoms with Gasteiger partial charge >= 0.3 is 5.97 Å². The number of esters is 1. The lowest BCUT2D eigenvalue weighted by molar-refractivity contribution is -0.143. The molecule has 0 heterocycles. The Hall–Kier alpha value is -1.84. The summed E-state index contributed by atoms with van der Waals surface area (Å²) < 4.78 is 4.39. The first-order valence-corrected chi connectivity index (χ1v) is 5.10. The highest BCUT2D eigenvalue weighted by Gasteiger charge is 2.07. The van der Waals surface area contributed by atoms with E-state index in [9.17, 15) is 9.59 Å². The predicted molar refractivity (Wildman–Crippen MR) is 59.8 cm³/mol. The molecule has 0 saturated carbocycles. The van der Waals surface area contributed by atoms with E-state index < -0.39 is 5.97 Å². The van der Waals surface area contributed by atoms with Gasteiger partial charge in [-0.3, -0.25) is 9.59 Å². The average molecular weight is 221 g/mol. The molecule has 0 fully saturated rings. The minimum atomic E-state index is -0.516. The first kappa shape index (κ1) is 12.2. The van der Waals surface area contributed by atoms with Crippen LogP contribution in [0.4, 0.5) is 0 Å². The Balaban J connectivity index is 2.21. The van der Waals surface area contributed by atoms with Crippen molar-refractivity contribution in [3.05, 3.63) is 35.9 Å². The maximum Gasteiger partial charge on any atom is 0.315 e. The molecule has 0 radical (unpaired) electrons. The smallest absolute Gasteiger partial charge is 0.315 e. The van der Waals surface area contributed by atoms with E-state index in [1.54, 1.807) is 0 Å². The molecule has 0 aromatic heterocycles. The highest BCUT2D eigenvalue weighted by Crippen LogP contribution is 1.98. The van der Waals surface area contributed by atoms with Gasteiger partial charge in [0.25, 0.3) is 0 Å². The summed E-state index contributed by atoms with van der Waals surface area (Å²) in [6.07, 6.45) is 0.541. The average Bonchev–Trinajstić information content (AvgIpc) is 2.30. The summed E-state index contributed by atoms with van der Waals surface area (Å²) in [5, 5.41) is 2.66. The molecule has 0 spiro atoms. The SMILES string of the molecule is COC(=O)CC(=O)NCCc1ccccc1. The highest BCUT2D eigenvalue weighted by molar-refractivity contribution is 5.94. The van der Waals surface area contributed by atoms with E-state index in [2.05, 4.69) is 10.1 Å². The maximum absolute atomic E-state index is 11.2. The van der Waals surface area contributed by atoms with Crippen molar-refractivity contribution in [2.75, 3.05) is 13.7 Å². The van der Waals surface area contributed by atoms with Gasteiger partial charge < -0.3 is 10.1 Å². The number of benzene rings is 1. The first-order chi connectivity index (χ1) is 7.72. The van der Waals surface area contributed by atoms with Crippen LogP contribution in [0.5, 0.6) is 0 Å². The third-order valence-electron chi connectivity index (χ3n) is 2.11. The number of hydrogen-bond donors (Lipinski definition) is 1. The van der Waals surface area contributed by atoms with Crippen LogP contribution in [0.15, 0.2) is 30.3 Å². The molecule has 0 atom stereocenters. The number of carbonyl (C=O) groups excluding carboxylic acids is 2. The van der Waals surface area contributed by atoms with Crippen molar-refractivity contribution in [1.29, 1.82) is 0 Å². The largest absolute Gasteiger partial charge is 0.469 e. The van der Waals surface area contributed by atoms with Gasteiger partial charge in [-0.15, -0.1) is 0 Å². The van der Waals surface area contributed by atoms with Gasteiger partial charge in [0.1, 0.15) is 6.42 Å². The molecule has 0 aliphatic heterocycles. The van der Waals surface area contributed by atoms with Gasteiger partial charge in [0, 0.05) is 6.54 Å². The summed E-state index contributed by atoms with van der Waals surface area (Å²) in [5.41, 5.74) is 1.15. The Labute approximate surface area is 94.6 Å². The van der Waals surface area contributed by atoms with Crippen LogP contribution < -0.4 is 5.32 Å². The van der Waals surface area contributed by atoms with Gasteiger partial charge in [-0.2, -0.15) is 0 Å². The number of nitrogens with one attached hydrogen (secondary N) is 1. The zero-order valence-corrected chi connectivity index (χ0v) is 9.23. The number of amides is 1. The van der Waals surface area contributed by atoms with Crippen molar-refractivity contribution in [1.82, 2.24) is 5.32 Å². The summed E-state index contributed by atoms with van der Waals surface area (Å²) in [5.74, 6) is -0.819. The molecule has 1 aromatic carbocycles. The number of methoxy groups -OCH3 is 1. The molecule has 0 bridgehead atoms. The molecule has 86 valence electrons.